The summed E-state index contributed by atoms with van der Waals surface area (Å²) in [5, 5.41) is 2.92. The van der Waals surface area contributed by atoms with Gasteiger partial charge in [0.2, 0.25) is 5.91 Å². The Labute approximate surface area is 311 Å². The van der Waals surface area contributed by atoms with Crippen molar-refractivity contribution >= 4 is 25.7 Å². The van der Waals surface area contributed by atoms with Crippen LogP contribution < -0.4 is 5.32 Å². The van der Waals surface area contributed by atoms with E-state index in [1.165, 1.54) is 64.2 Å². The Kier molecular flexibility index (Phi) is 32.1. The van der Waals surface area contributed by atoms with Crippen LogP contribution in [0.4, 0.5) is 0 Å². The van der Waals surface area contributed by atoms with E-state index >= 15 is 0 Å². The topological polar surface area (TPSA) is 137 Å². The summed E-state index contributed by atoms with van der Waals surface area (Å²) in [5.74, 6) is -0.673. The van der Waals surface area contributed by atoms with Gasteiger partial charge in [0.25, 0.3) is 0 Å². The SMILES string of the molecule is CCCCCCCCCCCCCC(=O)O[C@H](COC(=O)CCCCCCCCCCCCC(=O)NCCC)COP(=O)(O)OCC[N+](C)(C)C. The highest BCUT2D eigenvalue weighted by atomic mass is 31.2. The van der Waals surface area contributed by atoms with Crippen molar-refractivity contribution in [2.45, 2.75) is 180 Å². The normalized spacial score (nSPS) is 13.5. The second-order valence-corrected chi connectivity index (χ2v) is 16.5. The highest BCUT2D eigenvalue weighted by Gasteiger charge is 2.27. The standard InChI is InChI=1S/C39H77N2O9P/c1-6-8-9-10-11-12-13-18-21-24-27-30-39(44)50-36(35-49-51(45,46)48-33-32-41(3,4)5)34-47-38(43)29-26-23-20-17-15-14-16-19-22-25-28-37(42)40-31-7-2/h36H,6-35H2,1-5H3,(H-,40,42,45,46)/p+1/t36-/m1/s1. The van der Waals surface area contributed by atoms with Gasteiger partial charge in [0.15, 0.2) is 6.10 Å². The molecule has 0 rings (SSSR count). The second kappa shape index (κ2) is 33.1. The lowest BCUT2D eigenvalue weighted by molar-refractivity contribution is -0.870. The Hall–Kier alpha value is -1.52. The third-order valence-corrected chi connectivity index (χ3v) is 9.74. The molecule has 12 heteroatoms. The van der Waals surface area contributed by atoms with Gasteiger partial charge in [-0.15, -0.1) is 0 Å². The Morgan fingerprint density at radius 2 is 1.06 bits per heavy atom. The van der Waals surface area contributed by atoms with Crippen LogP contribution in [-0.4, -0.2) is 87.4 Å². The summed E-state index contributed by atoms with van der Waals surface area (Å²) in [6, 6.07) is 0. The molecule has 0 aromatic heterocycles. The lowest BCUT2D eigenvalue weighted by Crippen LogP contribution is -2.37. The van der Waals surface area contributed by atoms with E-state index in [2.05, 4.69) is 19.2 Å². The minimum absolute atomic E-state index is 0.0239. The lowest BCUT2D eigenvalue weighted by atomic mass is 10.1. The van der Waals surface area contributed by atoms with Gasteiger partial charge in [0.1, 0.15) is 19.8 Å². The largest absolute Gasteiger partial charge is 0.472 e. The number of rotatable bonds is 37. The molecule has 2 atom stereocenters. The fraction of sp³-hybridized carbons (Fsp3) is 0.923. The summed E-state index contributed by atoms with van der Waals surface area (Å²) in [5.41, 5.74) is 0. The first-order chi connectivity index (χ1) is 24.4. The van der Waals surface area contributed by atoms with E-state index in [1.807, 2.05) is 21.1 Å². The number of phosphoric acid groups is 1. The molecule has 0 spiro atoms. The van der Waals surface area contributed by atoms with E-state index in [0.29, 0.717) is 30.3 Å². The Bertz CT molecular complexity index is 914. The van der Waals surface area contributed by atoms with Crippen molar-refractivity contribution in [3.8, 4) is 0 Å². The van der Waals surface area contributed by atoms with Crippen molar-refractivity contribution in [1.29, 1.82) is 0 Å². The maximum Gasteiger partial charge on any atom is 0.472 e. The molecule has 0 aliphatic rings. The van der Waals surface area contributed by atoms with Crippen LogP contribution in [0, 0.1) is 0 Å². The zero-order valence-electron chi connectivity index (χ0n) is 33.4. The molecule has 51 heavy (non-hydrogen) atoms. The van der Waals surface area contributed by atoms with Crippen LogP contribution in [0.1, 0.15) is 174 Å². The van der Waals surface area contributed by atoms with Crippen LogP contribution in [-0.2, 0) is 37.5 Å². The van der Waals surface area contributed by atoms with Crippen LogP contribution in [0.25, 0.3) is 0 Å². The van der Waals surface area contributed by atoms with Gasteiger partial charge in [-0.1, -0.05) is 129 Å². The van der Waals surface area contributed by atoms with Gasteiger partial charge in [-0.25, -0.2) is 4.57 Å². The first-order valence-electron chi connectivity index (χ1n) is 20.4. The van der Waals surface area contributed by atoms with Crippen molar-refractivity contribution in [2.75, 3.05) is 54.1 Å². The highest BCUT2D eigenvalue weighted by molar-refractivity contribution is 7.47. The summed E-state index contributed by atoms with van der Waals surface area (Å²) in [6.07, 6.45) is 24.6. The van der Waals surface area contributed by atoms with Crippen molar-refractivity contribution < 1.29 is 46.8 Å². The van der Waals surface area contributed by atoms with Crippen molar-refractivity contribution in [3.05, 3.63) is 0 Å². The monoisotopic (exact) mass is 750 g/mol. The molecular weight excluding hydrogens is 671 g/mol. The molecule has 1 amide bonds. The minimum atomic E-state index is -4.38. The molecule has 0 aliphatic heterocycles. The number of unbranched alkanes of at least 4 members (excludes halogenated alkanes) is 19. The van der Waals surface area contributed by atoms with Crippen LogP contribution in [0.2, 0.25) is 0 Å². The smallest absolute Gasteiger partial charge is 0.462 e. The third-order valence-electron chi connectivity index (χ3n) is 8.76. The number of nitrogens with zero attached hydrogens (tertiary/aromatic N) is 1. The number of esters is 2. The first kappa shape index (κ1) is 49.5. The zero-order valence-corrected chi connectivity index (χ0v) is 34.3. The first-order valence-corrected chi connectivity index (χ1v) is 21.9. The summed E-state index contributed by atoms with van der Waals surface area (Å²) in [6.45, 7) is 4.91. The number of carbonyl (C=O) groups excluding carboxylic acids is 3. The number of amides is 1. The molecule has 11 nitrogen and oxygen atoms in total. The number of phosphoric ester groups is 1. The molecule has 0 aromatic carbocycles. The minimum Gasteiger partial charge on any atom is -0.462 e. The molecule has 0 aliphatic carbocycles. The predicted octanol–water partition coefficient (Wildman–Crippen LogP) is 9.19. The average molecular weight is 750 g/mol. The number of likely N-dealkylation sites (N-methyl/N-ethyl adjacent to an activating group) is 1. The van der Waals surface area contributed by atoms with E-state index in [0.717, 1.165) is 70.8 Å². The number of carbonyl (C=O) groups is 3. The summed E-state index contributed by atoms with van der Waals surface area (Å²) < 4.78 is 34.1. The average Bonchev–Trinajstić information content (AvgIpc) is 3.07. The van der Waals surface area contributed by atoms with Gasteiger partial charge in [0, 0.05) is 25.8 Å². The van der Waals surface area contributed by atoms with Gasteiger partial charge in [-0.3, -0.25) is 23.4 Å². The molecule has 0 saturated heterocycles. The Morgan fingerprint density at radius 1 is 0.608 bits per heavy atom. The predicted molar refractivity (Wildman–Crippen MR) is 205 cm³/mol. The molecule has 302 valence electrons. The van der Waals surface area contributed by atoms with Crippen LogP contribution in [0.5, 0.6) is 0 Å². The van der Waals surface area contributed by atoms with Gasteiger partial charge in [-0.05, 0) is 25.7 Å². The van der Waals surface area contributed by atoms with E-state index in [4.69, 9.17) is 18.5 Å². The number of nitrogens with one attached hydrogen (secondary N) is 1. The summed E-state index contributed by atoms with van der Waals surface area (Å²) >= 11 is 0. The quantitative estimate of drug-likeness (QED) is 0.0276. The Balaban J connectivity index is 4.35. The summed E-state index contributed by atoms with van der Waals surface area (Å²) in [7, 11) is 1.45. The highest BCUT2D eigenvalue weighted by Crippen LogP contribution is 2.43. The molecule has 0 bridgehead atoms. The lowest BCUT2D eigenvalue weighted by Gasteiger charge is -2.24. The van der Waals surface area contributed by atoms with Crippen molar-refractivity contribution in [2.24, 2.45) is 0 Å². The number of hydrogen-bond donors (Lipinski definition) is 2. The Morgan fingerprint density at radius 3 is 1.53 bits per heavy atom. The zero-order chi connectivity index (χ0) is 38.1. The molecule has 2 N–H and O–H groups in total. The molecule has 0 heterocycles. The van der Waals surface area contributed by atoms with Crippen LogP contribution >= 0.6 is 7.82 Å². The van der Waals surface area contributed by atoms with Gasteiger partial charge in [0.05, 0.1) is 27.7 Å². The van der Waals surface area contributed by atoms with Crippen LogP contribution in [0.3, 0.4) is 0 Å². The summed E-state index contributed by atoms with van der Waals surface area (Å²) in [4.78, 5) is 46.8. The second-order valence-electron chi connectivity index (χ2n) is 15.1. The van der Waals surface area contributed by atoms with Crippen molar-refractivity contribution in [1.82, 2.24) is 5.32 Å². The molecule has 1 unspecified atom stereocenters. The molecule has 0 aromatic rings. The number of hydrogen-bond acceptors (Lipinski definition) is 8. The maximum atomic E-state index is 12.6. The van der Waals surface area contributed by atoms with E-state index in [-0.39, 0.29) is 32.0 Å². The van der Waals surface area contributed by atoms with Gasteiger partial charge < -0.3 is 24.2 Å². The fourth-order valence-electron chi connectivity index (χ4n) is 5.52. The van der Waals surface area contributed by atoms with Crippen molar-refractivity contribution in [3.63, 3.8) is 0 Å². The molecular formula is C39H78N2O9P+. The number of quaternary nitrogens is 1. The van der Waals surface area contributed by atoms with E-state index in [9.17, 15) is 23.8 Å². The maximum absolute atomic E-state index is 12.6. The van der Waals surface area contributed by atoms with Gasteiger partial charge >= 0.3 is 19.8 Å². The fourth-order valence-corrected chi connectivity index (χ4v) is 6.26. The van der Waals surface area contributed by atoms with Gasteiger partial charge in [-0.2, -0.15) is 0 Å². The number of ether oxygens (including phenoxy) is 2. The van der Waals surface area contributed by atoms with E-state index < -0.39 is 32.5 Å². The molecule has 0 radical (unpaired) electrons. The molecule has 0 fully saturated rings. The van der Waals surface area contributed by atoms with Crippen LogP contribution in [0.15, 0.2) is 0 Å². The molecule has 0 saturated carbocycles. The van der Waals surface area contributed by atoms with E-state index in [1.54, 1.807) is 0 Å². The third kappa shape index (κ3) is 36.6.